The van der Waals surface area contributed by atoms with E-state index in [9.17, 15) is 0 Å². The highest BCUT2D eigenvalue weighted by atomic mass is 16.5. The number of nitrogens with two attached hydrogens (primary N) is 1. The molecule has 0 aliphatic carbocycles. The Balaban J connectivity index is 2.23. The second-order valence-electron chi connectivity index (χ2n) is 4.89. The molecule has 0 aromatic heterocycles. The lowest BCUT2D eigenvalue weighted by atomic mass is 10.0. The molecule has 0 amide bonds. The van der Waals surface area contributed by atoms with Crippen LogP contribution in [0.15, 0.2) is 0 Å². The van der Waals surface area contributed by atoms with Crippen LogP contribution in [0.4, 0.5) is 0 Å². The summed E-state index contributed by atoms with van der Waals surface area (Å²) in [4.78, 5) is 4.79. The average molecular weight is 215 g/mol. The molecule has 1 saturated heterocycles. The Bertz CT molecular complexity index is 179. The van der Waals surface area contributed by atoms with Crippen LogP contribution in [0.5, 0.6) is 0 Å². The Kier molecular flexibility index (Phi) is 4.99. The molecule has 0 aromatic carbocycles. The van der Waals surface area contributed by atoms with Crippen LogP contribution in [0, 0.1) is 0 Å². The van der Waals surface area contributed by atoms with Crippen LogP contribution in [-0.4, -0.2) is 68.3 Å². The summed E-state index contributed by atoms with van der Waals surface area (Å²) in [7, 11) is 2.15. The molecule has 1 aliphatic heterocycles. The van der Waals surface area contributed by atoms with E-state index in [1.54, 1.807) is 0 Å². The van der Waals surface area contributed by atoms with Gasteiger partial charge in [-0.3, -0.25) is 9.80 Å². The van der Waals surface area contributed by atoms with Crippen LogP contribution in [0.25, 0.3) is 0 Å². The minimum absolute atomic E-state index is 0.103. The van der Waals surface area contributed by atoms with Gasteiger partial charge in [-0.15, -0.1) is 0 Å². The van der Waals surface area contributed by atoms with Gasteiger partial charge in [0.05, 0.1) is 13.2 Å². The van der Waals surface area contributed by atoms with Crippen LogP contribution < -0.4 is 5.73 Å². The molecule has 0 unspecified atom stereocenters. The van der Waals surface area contributed by atoms with Gasteiger partial charge in [-0.1, -0.05) is 0 Å². The van der Waals surface area contributed by atoms with Gasteiger partial charge in [-0.25, -0.2) is 0 Å². The molecule has 1 heterocycles. The van der Waals surface area contributed by atoms with Crippen LogP contribution in [0.3, 0.4) is 0 Å². The average Bonchev–Trinajstić information content (AvgIpc) is 2.27. The van der Waals surface area contributed by atoms with Crippen LogP contribution in [0.2, 0.25) is 0 Å². The van der Waals surface area contributed by atoms with E-state index >= 15 is 0 Å². The molecule has 90 valence electrons. The lowest BCUT2D eigenvalue weighted by molar-refractivity contribution is 0.0294. The van der Waals surface area contributed by atoms with Crippen molar-refractivity contribution in [3.8, 4) is 0 Å². The van der Waals surface area contributed by atoms with Crippen molar-refractivity contribution in [2.45, 2.75) is 19.4 Å². The summed E-state index contributed by atoms with van der Waals surface area (Å²) in [5.41, 5.74) is 5.84. The summed E-state index contributed by atoms with van der Waals surface area (Å²) in [6.07, 6.45) is 0. The van der Waals surface area contributed by atoms with Crippen molar-refractivity contribution in [1.29, 1.82) is 0 Å². The zero-order chi connectivity index (χ0) is 11.3. The maximum absolute atomic E-state index is 5.74. The van der Waals surface area contributed by atoms with Gasteiger partial charge in [0.25, 0.3) is 0 Å². The van der Waals surface area contributed by atoms with E-state index in [1.807, 2.05) is 0 Å². The van der Waals surface area contributed by atoms with E-state index in [-0.39, 0.29) is 5.54 Å². The van der Waals surface area contributed by atoms with Gasteiger partial charge in [0.1, 0.15) is 0 Å². The van der Waals surface area contributed by atoms with Gasteiger partial charge >= 0.3 is 0 Å². The molecule has 0 radical (unpaired) electrons. The lowest BCUT2D eigenvalue weighted by Gasteiger charge is -2.36. The number of hydrogen-bond donors (Lipinski definition) is 1. The fourth-order valence-electron chi connectivity index (χ4n) is 1.57. The number of rotatable bonds is 5. The number of likely N-dealkylation sites (N-methyl/N-ethyl adjacent to an activating group) is 1. The normalized spacial score (nSPS) is 19.8. The van der Waals surface area contributed by atoms with Crippen molar-refractivity contribution in [2.24, 2.45) is 5.73 Å². The fraction of sp³-hybridized carbons (Fsp3) is 1.00. The summed E-state index contributed by atoms with van der Waals surface area (Å²) in [6.45, 7) is 11.2. The molecule has 2 N–H and O–H groups in total. The molecule has 0 atom stereocenters. The van der Waals surface area contributed by atoms with Gasteiger partial charge < -0.3 is 10.5 Å². The first-order valence-electron chi connectivity index (χ1n) is 5.77. The van der Waals surface area contributed by atoms with E-state index in [1.165, 1.54) is 0 Å². The van der Waals surface area contributed by atoms with E-state index in [0.717, 1.165) is 39.4 Å². The number of morpholine rings is 1. The standard InChI is InChI=1S/C11H25N3O/c1-11(2,10-12)13(3)4-5-14-6-8-15-9-7-14/h4-10,12H2,1-3H3. The predicted molar refractivity (Wildman–Crippen MR) is 63.0 cm³/mol. The van der Waals surface area contributed by atoms with E-state index in [0.29, 0.717) is 6.54 Å². The molecular formula is C11H25N3O. The topological polar surface area (TPSA) is 41.7 Å². The largest absolute Gasteiger partial charge is 0.379 e. The Morgan fingerprint density at radius 2 is 1.93 bits per heavy atom. The highest BCUT2D eigenvalue weighted by molar-refractivity contribution is 4.80. The summed E-state index contributed by atoms with van der Waals surface area (Å²) in [5.74, 6) is 0. The first kappa shape index (κ1) is 12.9. The molecule has 4 heteroatoms. The van der Waals surface area contributed by atoms with Gasteiger partial charge in [0.2, 0.25) is 0 Å². The highest BCUT2D eigenvalue weighted by Crippen LogP contribution is 2.09. The third kappa shape index (κ3) is 4.07. The zero-order valence-corrected chi connectivity index (χ0v) is 10.3. The zero-order valence-electron chi connectivity index (χ0n) is 10.3. The van der Waals surface area contributed by atoms with Crippen LogP contribution >= 0.6 is 0 Å². The first-order chi connectivity index (χ1) is 7.06. The number of hydrogen-bond acceptors (Lipinski definition) is 4. The molecule has 0 spiro atoms. The fourth-order valence-corrected chi connectivity index (χ4v) is 1.57. The van der Waals surface area contributed by atoms with Crippen molar-refractivity contribution < 1.29 is 4.74 Å². The van der Waals surface area contributed by atoms with Crippen LogP contribution in [0.1, 0.15) is 13.8 Å². The number of nitrogens with zero attached hydrogens (tertiary/aromatic N) is 2. The van der Waals surface area contributed by atoms with Crippen molar-refractivity contribution in [1.82, 2.24) is 9.80 Å². The molecule has 4 nitrogen and oxygen atoms in total. The van der Waals surface area contributed by atoms with Gasteiger partial charge in [-0.2, -0.15) is 0 Å². The summed E-state index contributed by atoms with van der Waals surface area (Å²) >= 11 is 0. The molecular weight excluding hydrogens is 190 g/mol. The Morgan fingerprint density at radius 3 is 2.47 bits per heavy atom. The second-order valence-corrected chi connectivity index (χ2v) is 4.89. The van der Waals surface area contributed by atoms with Crippen molar-refractivity contribution >= 4 is 0 Å². The monoisotopic (exact) mass is 215 g/mol. The molecule has 15 heavy (non-hydrogen) atoms. The maximum atomic E-state index is 5.74. The highest BCUT2D eigenvalue weighted by Gasteiger charge is 2.21. The van der Waals surface area contributed by atoms with Crippen molar-refractivity contribution in [2.75, 3.05) is 53.0 Å². The van der Waals surface area contributed by atoms with E-state index in [4.69, 9.17) is 10.5 Å². The van der Waals surface area contributed by atoms with Gasteiger partial charge in [0, 0.05) is 38.3 Å². The van der Waals surface area contributed by atoms with Crippen LogP contribution in [-0.2, 0) is 4.74 Å². The van der Waals surface area contributed by atoms with Gasteiger partial charge in [0.15, 0.2) is 0 Å². The molecule has 0 bridgehead atoms. The van der Waals surface area contributed by atoms with E-state index in [2.05, 4.69) is 30.7 Å². The minimum atomic E-state index is 0.103. The molecule has 1 rings (SSSR count). The SMILES string of the molecule is CN(CCN1CCOCC1)C(C)(C)CN. The first-order valence-corrected chi connectivity index (χ1v) is 5.77. The Hall–Kier alpha value is -0.160. The third-order valence-corrected chi connectivity index (χ3v) is 3.39. The molecule has 0 saturated carbocycles. The molecule has 1 fully saturated rings. The number of ether oxygens (including phenoxy) is 1. The third-order valence-electron chi connectivity index (χ3n) is 3.39. The van der Waals surface area contributed by atoms with Crippen molar-refractivity contribution in [3.05, 3.63) is 0 Å². The second kappa shape index (κ2) is 5.80. The van der Waals surface area contributed by atoms with Crippen molar-refractivity contribution in [3.63, 3.8) is 0 Å². The quantitative estimate of drug-likeness (QED) is 0.700. The summed E-state index contributed by atoms with van der Waals surface area (Å²) in [5, 5.41) is 0. The maximum Gasteiger partial charge on any atom is 0.0594 e. The smallest absolute Gasteiger partial charge is 0.0594 e. The summed E-state index contributed by atoms with van der Waals surface area (Å²) in [6, 6.07) is 0. The Labute approximate surface area is 93.4 Å². The van der Waals surface area contributed by atoms with E-state index < -0.39 is 0 Å². The predicted octanol–water partition coefficient (Wildman–Crippen LogP) is -0.0123. The molecule has 0 aromatic rings. The summed E-state index contributed by atoms with van der Waals surface area (Å²) < 4.78 is 5.32. The molecule has 1 aliphatic rings. The lowest BCUT2D eigenvalue weighted by Crippen LogP contribution is -2.50. The Morgan fingerprint density at radius 1 is 1.33 bits per heavy atom. The van der Waals surface area contributed by atoms with Gasteiger partial charge in [-0.05, 0) is 20.9 Å². The minimum Gasteiger partial charge on any atom is -0.379 e.